The van der Waals surface area contributed by atoms with Crippen molar-refractivity contribution in [2.24, 2.45) is 0 Å². The molecular weight excluding hydrogens is 335 g/mol. The van der Waals surface area contributed by atoms with Crippen molar-refractivity contribution < 1.29 is 13.2 Å². The number of halogens is 4. The third-order valence-electron chi connectivity index (χ3n) is 3.11. The van der Waals surface area contributed by atoms with Crippen LogP contribution in [0.15, 0.2) is 28.7 Å². The van der Waals surface area contributed by atoms with E-state index in [1.807, 2.05) is 0 Å². The van der Waals surface area contributed by atoms with Crippen LogP contribution in [0.25, 0.3) is 0 Å². The molecule has 0 spiro atoms. The Kier molecular flexibility index (Phi) is 3.82. The minimum Gasteiger partial charge on any atom is -0.383 e. The van der Waals surface area contributed by atoms with E-state index >= 15 is 0 Å². The van der Waals surface area contributed by atoms with E-state index in [9.17, 15) is 13.2 Å². The number of aryl methyl sites for hydroxylation is 1. The van der Waals surface area contributed by atoms with Gasteiger partial charge in [-0.3, -0.25) is 0 Å². The fraction of sp³-hybridized carbons (Fsp3) is 0.308. The van der Waals surface area contributed by atoms with Crippen LogP contribution >= 0.6 is 15.9 Å². The molecule has 0 amide bonds. The van der Waals surface area contributed by atoms with Crippen LogP contribution in [0.4, 0.5) is 19.0 Å². The molecule has 1 aromatic carbocycles. The van der Waals surface area contributed by atoms with Gasteiger partial charge in [0.25, 0.3) is 0 Å². The van der Waals surface area contributed by atoms with E-state index in [2.05, 4.69) is 21.0 Å². The average Bonchev–Trinajstić information content (AvgIpc) is 2.65. The molecule has 0 fully saturated rings. The second-order valence-corrected chi connectivity index (χ2v) is 5.32. The van der Waals surface area contributed by atoms with Gasteiger partial charge in [-0.15, -0.1) is 0 Å². The molecule has 108 valence electrons. The second kappa shape index (κ2) is 5.12. The van der Waals surface area contributed by atoms with Gasteiger partial charge in [-0.1, -0.05) is 12.1 Å². The molecule has 0 bridgehead atoms. The van der Waals surface area contributed by atoms with Gasteiger partial charge >= 0.3 is 6.18 Å². The van der Waals surface area contributed by atoms with Crippen molar-refractivity contribution in [1.29, 1.82) is 0 Å². The first-order valence-electron chi connectivity index (χ1n) is 5.89. The maximum atomic E-state index is 12.7. The molecule has 1 atom stereocenters. The summed E-state index contributed by atoms with van der Waals surface area (Å²) in [6.45, 7) is 3.53. The standard InChI is InChI=1S/C13H13BrF3N3/c1-7-11(14)12(18)20(19-7)8(2)9-4-3-5-10(6-9)13(15,16)17/h3-6,8H,18H2,1-2H3. The SMILES string of the molecule is Cc1nn(C(C)c2cccc(C(F)(F)F)c2)c(N)c1Br. The molecule has 0 aliphatic heterocycles. The number of anilines is 1. The van der Waals surface area contributed by atoms with Crippen LogP contribution in [-0.2, 0) is 6.18 Å². The molecular formula is C13H13BrF3N3. The highest BCUT2D eigenvalue weighted by atomic mass is 79.9. The highest BCUT2D eigenvalue weighted by molar-refractivity contribution is 9.10. The van der Waals surface area contributed by atoms with Crippen LogP contribution in [0.1, 0.15) is 29.8 Å². The molecule has 1 heterocycles. The third-order valence-corrected chi connectivity index (χ3v) is 4.09. The zero-order valence-corrected chi connectivity index (χ0v) is 12.5. The van der Waals surface area contributed by atoms with Gasteiger partial charge in [0.1, 0.15) is 5.82 Å². The first kappa shape index (κ1) is 14.9. The molecule has 0 aliphatic rings. The molecule has 0 radical (unpaired) electrons. The Morgan fingerprint density at radius 3 is 2.50 bits per heavy atom. The normalized spacial score (nSPS) is 13.5. The maximum Gasteiger partial charge on any atom is 0.416 e. The summed E-state index contributed by atoms with van der Waals surface area (Å²) in [6.07, 6.45) is -4.36. The lowest BCUT2D eigenvalue weighted by Gasteiger charge is -2.16. The summed E-state index contributed by atoms with van der Waals surface area (Å²) in [7, 11) is 0. The van der Waals surface area contributed by atoms with E-state index in [1.165, 1.54) is 10.7 Å². The van der Waals surface area contributed by atoms with Crippen molar-refractivity contribution in [3.05, 3.63) is 45.6 Å². The Labute approximate surface area is 122 Å². The van der Waals surface area contributed by atoms with Gasteiger partial charge in [-0.25, -0.2) is 4.68 Å². The summed E-state index contributed by atoms with van der Waals surface area (Å²) in [5.74, 6) is 0.396. The quantitative estimate of drug-likeness (QED) is 0.886. The van der Waals surface area contributed by atoms with E-state index in [1.54, 1.807) is 19.9 Å². The van der Waals surface area contributed by atoms with Crippen molar-refractivity contribution in [2.45, 2.75) is 26.1 Å². The summed E-state index contributed by atoms with van der Waals surface area (Å²) < 4.78 is 40.4. The molecule has 20 heavy (non-hydrogen) atoms. The zero-order valence-electron chi connectivity index (χ0n) is 10.9. The van der Waals surface area contributed by atoms with Gasteiger partial charge in [0.2, 0.25) is 0 Å². The van der Waals surface area contributed by atoms with Gasteiger partial charge in [0, 0.05) is 0 Å². The number of rotatable bonds is 2. The van der Waals surface area contributed by atoms with Crippen molar-refractivity contribution in [3.8, 4) is 0 Å². The topological polar surface area (TPSA) is 43.8 Å². The number of nitrogens with zero attached hydrogens (tertiary/aromatic N) is 2. The molecule has 0 aliphatic carbocycles. The van der Waals surface area contributed by atoms with E-state index in [-0.39, 0.29) is 6.04 Å². The Hall–Kier alpha value is -1.50. The Morgan fingerprint density at radius 2 is 2.00 bits per heavy atom. The highest BCUT2D eigenvalue weighted by Crippen LogP contribution is 2.33. The van der Waals surface area contributed by atoms with Gasteiger partial charge < -0.3 is 5.73 Å². The molecule has 2 N–H and O–H groups in total. The van der Waals surface area contributed by atoms with Crippen molar-refractivity contribution in [3.63, 3.8) is 0 Å². The number of aromatic nitrogens is 2. The number of benzene rings is 1. The number of alkyl halides is 3. The highest BCUT2D eigenvalue weighted by Gasteiger charge is 2.31. The average molecular weight is 348 g/mol. The third kappa shape index (κ3) is 2.67. The summed E-state index contributed by atoms with van der Waals surface area (Å²) in [5.41, 5.74) is 6.42. The van der Waals surface area contributed by atoms with E-state index in [0.717, 1.165) is 12.1 Å². The molecule has 0 saturated carbocycles. The number of nitrogens with two attached hydrogens (primary N) is 1. The molecule has 1 unspecified atom stereocenters. The largest absolute Gasteiger partial charge is 0.416 e. The monoisotopic (exact) mass is 347 g/mol. The lowest BCUT2D eigenvalue weighted by molar-refractivity contribution is -0.137. The molecule has 3 nitrogen and oxygen atoms in total. The Balaban J connectivity index is 2.43. The summed E-state index contributed by atoms with van der Waals surface area (Å²) in [5, 5.41) is 4.24. The van der Waals surface area contributed by atoms with Gasteiger partial charge in [0.15, 0.2) is 0 Å². The molecule has 7 heteroatoms. The van der Waals surface area contributed by atoms with Crippen molar-refractivity contribution >= 4 is 21.7 Å². The lowest BCUT2D eigenvalue weighted by Crippen LogP contribution is -2.13. The van der Waals surface area contributed by atoms with Crippen LogP contribution in [0.3, 0.4) is 0 Å². The Bertz CT molecular complexity index is 634. The Morgan fingerprint density at radius 1 is 1.35 bits per heavy atom. The minimum atomic E-state index is -4.36. The minimum absolute atomic E-state index is 0.387. The maximum absolute atomic E-state index is 12.7. The van der Waals surface area contributed by atoms with Crippen LogP contribution < -0.4 is 5.73 Å². The number of nitrogen functional groups attached to an aromatic ring is 1. The van der Waals surface area contributed by atoms with Crippen LogP contribution in [0.5, 0.6) is 0 Å². The summed E-state index contributed by atoms with van der Waals surface area (Å²) in [6, 6.07) is 4.79. The number of hydrogen-bond donors (Lipinski definition) is 1. The second-order valence-electron chi connectivity index (χ2n) is 4.53. The first-order valence-corrected chi connectivity index (χ1v) is 6.68. The van der Waals surface area contributed by atoms with Crippen LogP contribution in [0, 0.1) is 6.92 Å². The smallest absolute Gasteiger partial charge is 0.383 e. The molecule has 2 aromatic rings. The zero-order chi connectivity index (χ0) is 15.1. The first-order chi connectivity index (χ1) is 9.21. The summed E-state index contributed by atoms with van der Waals surface area (Å²) >= 11 is 3.30. The van der Waals surface area contributed by atoms with E-state index in [4.69, 9.17) is 5.73 Å². The van der Waals surface area contributed by atoms with Gasteiger partial charge in [0.05, 0.1) is 21.8 Å². The van der Waals surface area contributed by atoms with Gasteiger partial charge in [-0.2, -0.15) is 18.3 Å². The predicted octanol–water partition coefficient (Wildman–Crippen LogP) is 4.16. The number of hydrogen-bond acceptors (Lipinski definition) is 2. The van der Waals surface area contributed by atoms with E-state index in [0.29, 0.717) is 21.5 Å². The van der Waals surface area contributed by atoms with Crippen LogP contribution in [-0.4, -0.2) is 9.78 Å². The molecule has 2 rings (SSSR count). The van der Waals surface area contributed by atoms with Crippen molar-refractivity contribution in [1.82, 2.24) is 9.78 Å². The molecule has 1 aromatic heterocycles. The van der Waals surface area contributed by atoms with Crippen LogP contribution in [0.2, 0.25) is 0 Å². The van der Waals surface area contributed by atoms with Gasteiger partial charge in [-0.05, 0) is 47.5 Å². The lowest BCUT2D eigenvalue weighted by atomic mass is 10.1. The summed E-state index contributed by atoms with van der Waals surface area (Å²) in [4.78, 5) is 0. The fourth-order valence-electron chi connectivity index (χ4n) is 1.96. The fourth-order valence-corrected chi connectivity index (χ4v) is 2.22. The van der Waals surface area contributed by atoms with Crippen molar-refractivity contribution in [2.75, 3.05) is 5.73 Å². The predicted molar refractivity (Wildman–Crippen MR) is 74.3 cm³/mol. The molecule has 0 saturated heterocycles. The van der Waals surface area contributed by atoms with E-state index < -0.39 is 11.7 Å².